The van der Waals surface area contributed by atoms with Crippen LogP contribution in [0.4, 0.5) is 8.78 Å². The minimum absolute atomic E-state index is 0.120. The molecule has 0 saturated carbocycles. The van der Waals surface area contributed by atoms with Gasteiger partial charge in [-0.3, -0.25) is 0 Å². The first kappa shape index (κ1) is 14.0. The summed E-state index contributed by atoms with van der Waals surface area (Å²) in [6.07, 6.45) is 1.65. The van der Waals surface area contributed by atoms with Crippen LogP contribution in [0, 0.1) is 11.6 Å². The highest BCUT2D eigenvalue weighted by Gasteiger charge is 2.20. The van der Waals surface area contributed by atoms with Crippen LogP contribution in [0.2, 0.25) is 0 Å². The molecule has 0 fully saturated rings. The van der Waals surface area contributed by atoms with Gasteiger partial charge in [0.25, 0.3) is 0 Å². The standard InChI is InChI=1S/C15H20F2N2/c1-4-12(18-6-3)14-10-7-9(16)8-11(17)15(10)19-13(14)5-2/h7-8,12,18-19H,4-6H2,1-3H3. The average Bonchev–Trinajstić information content (AvgIpc) is 2.74. The highest BCUT2D eigenvalue weighted by atomic mass is 19.1. The van der Waals surface area contributed by atoms with Crippen molar-refractivity contribution in [2.75, 3.05) is 6.54 Å². The van der Waals surface area contributed by atoms with Gasteiger partial charge < -0.3 is 10.3 Å². The van der Waals surface area contributed by atoms with E-state index < -0.39 is 11.6 Å². The molecular formula is C15H20F2N2. The summed E-state index contributed by atoms with van der Waals surface area (Å²) in [5.41, 5.74) is 2.39. The summed E-state index contributed by atoms with van der Waals surface area (Å²) < 4.78 is 27.3. The maximum atomic E-state index is 13.8. The van der Waals surface area contributed by atoms with Gasteiger partial charge in [-0.2, -0.15) is 0 Å². The van der Waals surface area contributed by atoms with Crippen LogP contribution in [-0.4, -0.2) is 11.5 Å². The lowest BCUT2D eigenvalue weighted by molar-refractivity contribution is 0.536. The molecule has 0 aliphatic heterocycles. The minimum atomic E-state index is -0.528. The fourth-order valence-electron chi connectivity index (χ4n) is 2.67. The molecule has 2 rings (SSSR count). The third kappa shape index (κ3) is 2.50. The molecule has 0 saturated heterocycles. The number of hydrogen-bond acceptors (Lipinski definition) is 1. The van der Waals surface area contributed by atoms with Crippen LogP contribution in [0.1, 0.15) is 44.5 Å². The molecule has 2 N–H and O–H groups in total. The van der Waals surface area contributed by atoms with Crippen molar-refractivity contribution < 1.29 is 8.78 Å². The summed E-state index contributed by atoms with van der Waals surface area (Å²) in [5, 5.41) is 4.03. The van der Waals surface area contributed by atoms with Crippen molar-refractivity contribution in [3.63, 3.8) is 0 Å². The van der Waals surface area contributed by atoms with E-state index in [-0.39, 0.29) is 6.04 Å². The minimum Gasteiger partial charge on any atom is -0.356 e. The zero-order chi connectivity index (χ0) is 14.0. The van der Waals surface area contributed by atoms with Gasteiger partial charge in [-0.1, -0.05) is 20.8 Å². The Morgan fingerprint density at radius 3 is 2.53 bits per heavy atom. The smallest absolute Gasteiger partial charge is 0.150 e. The molecule has 1 aromatic carbocycles. The van der Waals surface area contributed by atoms with Crippen molar-refractivity contribution >= 4 is 10.9 Å². The molecule has 1 unspecified atom stereocenters. The van der Waals surface area contributed by atoms with E-state index in [0.29, 0.717) is 10.9 Å². The van der Waals surface area contributed by atoms with Gasteiger partial charge >= 0.3 is 0 Å². The Hall–Kier alpha value is -1.42. The second-order valence-corrected chi connectivity index (χ2v) is 4.70. The third-order valence-corrected chi connectivity index (χ3v) is 3.51. The first-order chi connectivity index (χ1) is 9.12. The molecular weight excluding hydrogens is 246 g/mol. The Morgan fingerprint density at radius 1 is 1.21 bits per heavy atom. The van der Waals surface area contributed by atoms with E-state index in [0.717, 1.165) is 36.7 Å². The monoisotopic (exact) mass is 266 g/mol. The fraction of sp³-hybridized carbons (Fsp3) is 0.467. The van der Waals surface area contributed by atoms with Gasteiger partial charge in [0.2, 0.25) is 0 Å². The van der Waals surface area contributed by atoms with Crippen LogP contribution in [0.15, 0.2) is 12.1 Å². The van der Waals surface area contributed by atoms with Gasteiger partial charge in [0.15, 0.2) is 0 Å². The molecule has 0 spiro atoms. The molecule has 0 amide bonds. The van der Waals surface area contributed by atoms with Gasteiger partial charge in [-0.05, 0) is 31.0 Å². The predicted molar refractivity (Wildman–Crippen MR) is 74.3 cm³/mol. The molecule has 2 nitrogen and oxygen atoms in total. The molecule has 19 heavy (non-hydrogen) atoms. The largest absolute Gasteiger partial charge is 0.356 e. The number of aromatic amines is 1. The number of aryl methyl sites for hydroxylation is 1. The van der Waals surface area contributed by atoms with Crippen molar-refractivity contribution in [1.29, 1.82) is 0 Å². The number of nitrogens with one attached hydrogen (secondary N) is 2. The van der Waals surface area contributed by atoms with Gasteiger partial charge in [0.05, 0.1) is 5.52 Å². The summed E-state index contributed by atoms with van der Waals surface area (Å²) in [6, 6.07) is 2.47. The Bertz CT molecular complexity index is 575. The zero-order valence-corrected chi connectivity index (χ0v) is 11.6. The molecule has 0 bridgehead atoms. The number of rotatable bonds is 5. The van der Waals surface area contributed by atoms with Crippen LogP contribution in [0.3, 0.4) is 0 Å². The molecule has 0 aliphatic carbocycles. The Morgan fingerprint density at radius 2 is 1.95 bits per heavy atom. The Kier molecular flexibility index (Phi) is 4.20. The normalized spacial score (nSPS) is 13.1. The van der Waals surface area contributed by atoms with Crippen LogP contribution in [0.25, 0.3) is 10.9 Å². The van der Waals surface area contributed by atoms with Crippen LogP contribution in [0.5, 0.6) is 0 Å². The molecule has 1 aromatic heterocycles. The molecule has 2 aromatic rings. The molecule has 104 valence electrons. The van der Waals surface area contributed by atoms with Crippen molar-refractivity contribution in [1.82, 2.24) is 10.3 Å². The van der Waals surface area contributed by atoms with Crippen LogP contribution >= 0.6 is 0 Å². The number of H-pyrrole nitrogens is 1. The topological polar surface area (TPSA) is 27.8 Å². The molecule has 4 heteroatoms. The predicted octanol–water partition coefficient (Wildman–Crippen LogP) is 4.07. The molecule has 1 heterocycles. The van der Waals surface area contributed by atoms with Gasteiger partial charge in [0.1, 0.15) is 11.6 Å². The van der Waals surface area contributed by atoms with Gasteiger partial charge in [-0.25, -0.2) is 8.78 Å². The second-order valence-electron chi connectivity index (χ2n) is 4.70. The number of fused-ring (bicyclic) bond motifs is 1. The second kappa shape index (κ2) is 5.70. The Labute approximate surface area is 112 Å². The van der Waals surface area contributed by atoms with E-state index in [9.17, 15) is 8.78 Å². The van der Waals surface area contributed by atoms with Crippen LogP contribution < -0.4 is 5.32 Å². The summed E-state index contributed by atoms with van der Waals surface area (Å²) in [5.74, 6) is -1.05. The zero-order valence-electron chi connectivity index (χ0n) is 11.6. The van der Waals surface area contributed by atoms with Crippen molar-refractivity contribution in [2.24, 2.45) is 0 Å². The lowest BCUT2D eigenvalue weighted by atomic mass is 9.99. The summed E-state index contributed by atoms with van der Waals surface area (Å²) in [4.78, 5) is 3.10. The van der Waals surface area contributed by atoms with E-state index >= 15 is 0 Å². The Balaban J connectivity index is 2.68. The maximum Gasteiger partial charge on any atom is 0.150 e. The average molecular weight is 266 g/mol. The quantitative estimate of drug-likeness (QED) is 0.839. The van der Waals surface area contributed by atoms with Crippen molar-refractivity contribution in [2.45, 2.75) is 39.7 Å². The lowest BCUT2D eigenvalue weighted by Gasteiger charge is -2.17. The fourth-order valence-corrected chi connectivity index (χ4v) is 2.67. The van der Waals surface area contributed by atoms with E-state index in [4.69, 9.17) is 0 Å². The maximum absolute atomic E-state index is 13.8. The highest BCUT2D eigenvalue weighted by molar-refractivity contribution is 5.85. The first-order valence-electron chi connectivity index (χ1n) is 6.85. The highest BCUT2D eigenvalue weighted by Crippen LogP contribution is 2.32. The van der Waals surface area contributed by atoms with E-state index in [1.54, 1.807) is 0 Å². The summed E-state index contributed by atoms with van der Waals surface area (Å²) in [7, 11) is 0. The van der Waals surface area contributed by atoms with Gasteiger partial charge in [0, 0.05) is 23.2 Å². The SMILES string of the molecule is CCNC(CC)c1c(CC)[nH]c2c(F)cc(F)cc12. The third-order valence-electron chi connectivity index (χ3n) is 3.51. The number of hydrogen-bond donors (Lipinski definition) is 2. The number of halogens is 2. The van der Waals surface area contributed by atoms with Crippen molar-refractivity contribution in [3.05, 3.63) is 35.0 Å². The van der Waals surface area contributed by atoms with Crippen molar-refractivity contribution in [3.8, 4) is 0 Å². The van der Waals surface area contributed by atoms with Crippen LogP contribution in [-0.2, 0) is 6.42 Å². The van der Waals surface area contributed by atoms with E-state index in [2.05, 4.69) is 17.2 Å². The van der Waals surface area contributed by atoms with Gasteiger partial charge in [-0.15, -0.1) is 0 Å². The first-order valence-corrected chi connectivity index (χ1v) is 6.85. The number of aromatic nitrogens is 1. The van der Waals surface area contributed by atoms with E-state index in [1.807, 2.05) is 13.8 Å². The molecule has 0 aliphatic rings. The summed E-state index contributed by atoms with van der Waals surface area (Å²) in [6.45, 7) is 6.94. The summed E-state index contributed by atoms with van der Waals surface area (Å²) >= 11 is 0. The lowest BCUT2D eigenvalue weighted by Crippen LogP contribution is -2.20. The molecule has 1 atom stereocenters. The number of benzene rings is 1. The van der Waals surface area contributed by atoms with E-state index in [1.165, 1.54) is 6.07 Å². The molecule has 0 radical (unpaired) electrons.